The van der Waals surface area contributed by atoms with Crippen molar-refractivity contribution >= 4 is 41.1 Å². The van der Waals surface area contributed by atoms with E-state index in [-0.39, 0.29) is 101 Å². The summed E-state index contributed by atoms with van der Waals surface area (Å²) in [6.45, 7) is 5.29. The second kappa shape index (κ2) is 21.6. The van der Waals surface area contributed by atoms with Crippen molar-refractivity contribution in [2.75, 3.05) is 58.0 Å². The van der Waals surface area contributed by atoms with E-state index in [1.807, 2.05) is 0 Å². The summed E-state index contributed by atoms with van der Waals surface area (Å²) in [6.07, 6.45) is 3.04. The van der Waals surface area contributed by atoms with E-state index < -0.39 is 18.0 Å². The molecule has 0 unspecified atom stereocenters. The highest BCUT2D eigenvalue weighted by Gasteiger charge is 2.29. The summed E-state index contributed by atoms with van der Waals surface area (Å²) >= 11 is 0. The Morgan fingerprint density at radius 2 is 1.49 bits per heavy atom. The van der Waals surface area contributed by atoms with Gasteiger partial charge in [0, 0.05) is 43.1 Å². The van der Waals surface area contributed by atoms with Crippen LogP contribution in [-0.2, 0) is 44.8 Å². The number of ether oxygens (including phenoxy) is 3. The Balaban J connectivity index is 1.72. The van der Waals surface area contributed by atoms with Gasteiger partial charge in [-0.2, -0.15) is 0 Å². The predicted molar refractivity (Wildman–Crippen MR) is 171 cm³/mol. The molecule has 0 bridgehead atoms. The molecule has 0 saturated carbocycles. The molecule has 2 atom stereocenters. The van der Waals surface area contributed by atoms with Crippen molar-refractivity contribution < 1.29 is 48.1 Å². The third-order valence-electron chi connectivity index (χ3n) is 7.16. The van der Waals surface area contributed by atoms with E-state index in [0.717, 1.165) is 4.90 Å². The third kappa shape index (κ3) is 15.3. The first kappa shape index (κ1) is 39.0. The quantitative estimate of drug-likeness (QED) is 0.0770. The van der Waals surface area contributed by atoms with Crippen molar-refractivity contribution in [3.63, 3.8) is 0 Å². The van der Waals surface area contributed by atoms with Gasteiger partial charge in [-0.1, -0.05) is 26.0 Å². The lowest BCUT2D eigenvalue weighted by molar-refractivity contribution is -0.137. The summed E-state index contributed by atoms with van der Waals surface area (Å²) in [7, 11) is 0. The summed E-state index contributed by atoms with van der Waals surface area (Å²) in [5.41, 5.74) is 6.32. The van der Waals surface area contributed by atoms with E-state index in [1.165, 1.54) is 12.2 Å². The maximum Gasteiger partial charge on any atom is 0.312 e. The number of nitrogens with zero attached hydrogens (tertiary/aromatic N) is 1. The lowest BCUT2D eigenvalue weighted by Crippen LogP contribution is -2.45. The molecule has 260 valence electrons. The minimum Gasteiger partial charge on any atom is -0.392 e. The number of nitrogens with two attached hydrogens (primary N) is 1. The number of rotatable bonds is 24. The second-order valence-corrected chi connectivity index (χ2v) is 11.2. The van der Waals surface area contributed by atoms with Crippen LogP contribution in [-0.4, -0.2) is 104 Å². The molecule has 15 heteroatoms. The predicted octanol–water partition coefficient (Wildman–Crippen LogP) is 0.647. The number of aliphatic hydroxyl groups excluding tert-OH is 1. The number of anilines is 1. The Hall–Kier alpha value is -4.18. The minimum absolute atomic E-state index is 0.0228. The molecular weight excluding hydrogens is 614 g/mol. The van der Waals surface area contributed by atoms with Crippen molar-refractivity contribution in [2.45, 2.75) is 52.2 Å². The van der Waals surface area contributed by atoms with Crippen molar-refractivity contribution in [2.24, 2.45) is 17.6 Å². The monoisotopic (exact) mass is 661 g/mol. The summed E-state index contributed by atoms with van der Waals surface area (Å²) in [5.74, 6) is -2.71. The molecule has 1 aliphatic heterocycles. The summed E-state index contributed by atoms with van der Waals surface area (Å²) in [4.78, 5) is 74.2. The highest BCUT2D eigenvalue weighted by Crippen LogP contribution is 2.19. The number of carbonyl (C=O) groups is 6. The van der Waals surface area contributed by atoms with E-state index in [1.54, 1.807) is 38.1 Å². The number of Topliss-reactive ketones (excluding diaryl/α,β-unsaturated/α-hetero) is 1. The van der Waals surface area contributed by atoms with Crippen LogP contribution in [0, 0.1) is 11.8 Å². The van der Waals surface area contributed by atoms with Gasteiger partial charge in [0.15, 0.2) is 5.78 Å². The fourth-order valence-corrected chi connectivity index (χ4v) is 4.57. The second-order valence-electron chi connectivity index (χ2n) is 11.2. The molecule has 6 N–H and O–H groups in total. The number of carbonyl (C=O) groups excluding carboxylic acids is 6. The van der Waals surface area contributed by atoms with Crippen LogP contribution in [0.25, 0.3) is 0 Å². The normalized spacial score (nSPS) is 13.9. The number of amides is 6. The molecule has 0 aromatic heterocycles. The van der Waals surface area contributed by atoms with Gasteiger partial charge >= 0.3 is 6.03 Å². The van der Waals surface area contributed by atoms with Gasteiger partial charge in [0.1, 0.15) is 0 Å². The SMILES string of the molecule is CC(C)[C@H](NC(=O)CCOCCOCCOCCN1C(=O)C=CC1=O)C(=O)C[C@@H](CCCNC(N)=O)C(=O)Nc1ccc(CO)cc1. The number of hydrogen-bond donors (Lipinski definition) is 5. The van der Waals surface area contributed by atoms with Gasteiger partial charge in [0.2, 0.25) is 11.8 Å². The fourth-order valence-electron chi connectivity index (χ4n) is 4.57. The highest BCUT2D eigenvalue weighted by atomic mass is 16.5. The molecule has 0 radical (unpaired) electrons. The van der Waals surface area contributed by atoms with Crippen LogP contribution in [0.1, 0.15) is 45.1 Å². The smallest absolute Gasteiger partial charge is 0.312 e. The number of urea groups is 1. The van der Waals surface area contributed by atoms with E-state index in [4.69, 9.17) is 19.9 Å². The number of aliphatic hydroxyl groups is 1. The lowest BCUT2D eigenvalue weighted by atomic mass is 9.89. The van der Waals surface area contributed by atoms with Gasteiger partial charge in [0.25, 0.3) is 11.8 Å². The molecule has 6 amide bonds. The van der Waals surface area contributed by atoms with Crippen LogP contribution >= 0.6 is 0 Å². The Labute approximate surface area is 274 Å². The molecule has 47 heavy (non-hydrogen) atoms. The van der Waals surface area contributed by atoms with Crippen molar-refractivity contribution in [1.29, 1.82) is 0 Å². The van der Waals surface area contributed by atoms with Gasteiger partial charge in [0.05, 0.1) is 58.8 Å². The molecule has 1 heterocycles. The zero-order valence-corrected chi connectivity index (χ0v) is 27.0. The number of nitrogens with one attached hydrogen (secondary N) is 3. The molecular formula is C32H47N5O10. The van der Waals surface area contributed by atoms with Crippen LogP contribution < -0.4 is 21.7 Å². The molecule has 15 nitrogen and oxygen atoms in total. The van der Waals surface area contributed by atoms with Crippen molar-refractivity contribution in [1.82, 2.24) is 15.5 Å². The highest BCUT2D eigenvalue weighted by molar-refractivity contribution is 6.12. The fraction of sp³-hybridized carbons (Fsp3) is 0.562. The third-order valence-corrected chi connectivity index (χ3v) is 7.16. The number of ketones is 1. The standard InChI is InChI=1S/C32H47N5O10/c1-22(2)30(36-27(40)11-14-45-16-18-47-19-17-46-15-13-37-28(41)9-10-29(37)42)26(39)20-24(4-3-12-34-32(33)44)31(43)35-25-7-5-23(21-38)6-8-25/h5-10,22,24,30,38H,3-4,11-21H2,1-2H3,(H,35,43)(H,36,40)(H3,33,34,44)/t24-,30+/m1/s1. The van der Waals surface area contributed by atoms with Gasteiger partial charge < -0.3 is 41.0 Å². The van der Waals surface area contributed by atoms with Crippen LogP contribution in [0.15, 0.2) is 36.4 Å². The van der Waals surface area contributed by atoms with Gasteiger partial charge in [-0.15, -0.1) is 0 Å². The van der Waals surface area contributed by atoms with E-state index >= 15 is 0 Å². The molecule has 0 spiro atoms. The maximum absolute atomic E-state index is 13.3. The first-order chi connectivity index (χ1) is 22.5. The molecule has 2 rings (SSSR count). The molecule has 1 aliphatic rings. The minimum atomic E-state index is -0.813. The summed E-state index contributed by atoms with van der Waals surface area (Å²) < 4.78 is 16.2. The Morgan fingerprint density at radius 3 is 2.06 bits per heavy atom. The van der Waals surface area contributed by atoms with Crippen molar-refractivity contribution in [3.05, 3.63) is 42.0 Å². The molecule has 0 aliphatic carbocycles. The van der Waals surface area contributed by atoms with E-state index in [2.05, 4.69) is 16.0 Å². The van der Waals surface area contributed by atoms with Crippen LogP contribution in [0.2, 0.25) is 0 Å². The maximum atomic E-state index is 13.3. The van der Waals surface area contributed by atoms with Crippen LogP contribution in [0.5, 0.6) is 0 Å². The average Bonchev–Trinajstić information content (AvgIpc) is 3.36. The van der Waals surface area contributed by atoms with Crippen molar-refractivity contribution in [3.8, 4) is 0 Å². The first-order valence-corrected chi connectivity index (χ1v) is 15.6. The average molecular weight is 662 g/mol. The van der Waals surface area contributed by atoms with Gasteiger partial charge in [-0.25, -0.2) is 4.79 Å². The van der Waals surface area contributed by atoms with Crippen LogP contribution in [0.4, 0.5) is 10.5 Å². The zero-order chi connectivity index (χ0) is 34.6. The topological polar surface area (TPSA) is 216 Å². The van der Waals surface area contributed by atoms with Crippen LogP contribution in [0.3, 0.4) is 0 Å². The molecule has 1 aromatic rings. The molecule has 1 aromatic carbocycles. The molecule has 0 saturated heterocycles. The lowest BCUT2D eigenvalue weighted by Gasteiger charge is -2.24. The van der Waals surface area contributed by atoms with E-state index in [0.29, 0.717) is 30.7 Å². The Bertz CT molecular complexity index is 1200. The first-order valence-electron chi connectivity index (χ1n) is 15.6. The van der Waals surface area contributed by atoms with E-state index in [9.17, 15) is 33.9 Å². The van der Waals surface area contributed by atoms with Gasteiger partial charge in [-0.05, 0) is 36.5 Å². The number of hydrogen-bond acceptors (Lipinski definition) is 10. The number of imide groups is 1. The number of benzene rings is 1. The molecule has 0 fully saturated rings. The Kier molecular flexibility index (Phi) is 17.9. The largest absolute Gasteiger partial charge is 0.392 e. The summed E-state index contributed by atoms with van der Waals surface area (Å²) in [5, 5.41) is 17.3. The Morgan fingerprint density at radius 1 is 0.894 bits per heavy atom. The zero-order valence-electron chi connectivity index (χ0n) is 27.0. The van der Waals surface area contributed by atoms with Gasteiger partial charge in [-0.3, -0.25) is 28.9 Å². The number of primary amides is 1. The summed E-state index contributed by atoms with van der Waals surface area (Å²) in [6, 6.07) is 5.17.